The van der Waals surface area contributed by atoms with Crippen LogP contribution in [0.5, 0.6) is 5.75 Å². The number of hydrogen-bond donors (Lipinski definition) is 0. The smallest absolute Gasteiger partial charge is 0.273 e. The number of pyridine rings is 1. The molecule has 0 saturated carbocycles. The van der Waals surface area contributed by atoms with Gasteiger partial charge in [0.05, 0.1) is 31.4 Å². The van der Waals surface area contributed by atoms with Gasteiger partial charge < -0.3 is 14.4 Å². The second-order valence-corrected chi connectivity index (χ2v) is 6.65. The van der Waals surface area contributed by atoms with E-state index in [9.17, 15) is 4.79 Å². The van der Waals surface area contributed by atoms with E-state index in [-0.39, 0.29) is 11.5 Å². The molecule has 1 amide bonds. The summed E-state index contributed by atoms with van der Waals surface area (Å²) in [7, 11) is 0. The summed E-state index contributed by atoms with van der Waals surface area (Å²) < 4.78 is 11.8. The second-order valence-electron chi connectivity index (χ2n) is 5.93. The number of rotatable bonds is 4. The number of amides is 1. The first-order chi connectivity index (χ1) is 11.3. The van der Waals surface area contributed by atoms with Gasteiger partial charge in [-0.3, -0.25) is 9.78 Å². The molecule has 0 N–H and O–H groups in total. The van der Waals surface area contributed by atoms with Crippen LogP contribution in [-0.4, -0.2) is 52.7 Å². The van der Waals surface area contributed by atoms with E-state index >= 15 is 0 Å². The molecule has 4 rings (SSSR count). The normalized spacial score (nSPS) is 22.1. The van der Waals surface area contributed by atoms with E-state index in [2.05, 4.69) is 9.97 Å². The van der Waals surface area contributed by atoms with Crippen LogP contribution in [0.2, 0.25) is 0 Å². The molecule has 2 aromatic rings. The van der Waals surface area contributed by atoms with Crippen molar-refractivity contribution in [2.45, 2.75) is 12.0 Å². The first-order valence-electron chi connectivity index (χ1n) is 7.61. The summed E-state index contributed by atoms with van der Waals surface area (Å²) in [4.78, 5) is 22.2. The van der Waals surface area contributed by atoms with E-state index in [1.807, 2.05) is 12.1 Å². The highest BCUT2D eigenvalue weighted by atomic mass is 32.1. The zero-order chi connectivity index (χ0) is 15.7. The lowest BCUT2D eigenvalue weighted by Crippen LogP contribution is -2.66. The van der Waals surface area contributed by atoms with Gasteiger partial charge in [-0.05, 0) is 18.6 Å². The van der Waals surface area contributed by atoms with Crippen LogP contribution in [0.1, 0.15) is 16.9 Å². The van der Waals surface area contributed by atoms with E-state index < -0.39 is 0 Å². The molecule has 0 radical (unpaired) electrons. The van der Waals surface area contributed by atoms with Crippen LogP contribution in [-0.2, 0) is 4.74 Å². The Morgan fingerprint density at radius 2 is 2.43 bits per heavy atom. The minimum absolute atomic E-state index is 0.0145. The Labute approximate surface area is 138 Å². The fourth-order valence-corrected chi connectivity index (χ4v) is 3.75. The lowest BCUT2D eigenvalue weighted by Gasteiger charge is -2.49. The van der Waals surface area contributed by atoms with Crippen LogP contribution in [0.4, 0.5) is 0 Å². The maximum Gasteiger partial charge on any atom is 0.273 e. The van der Waals surface area contributed by atoms with E-state index in [1.54, 1.807) is 28.2 Å². The average Bonchev–Trinajstić information content (AvgIpc) is 3.21. The molecule has 2 fully saturated rings. The molecule has 2 aromatic heterocycles. The third-order valence-electron chi connectivity index (χ3n) is 4.54. The lowest BCUT2D eigenvalue weighted by atomic mass is 9.81. The van der Waals surface area contributed by atoms with Crippen LogP contribution in [0, 0.1) is 5.92 Å². The number of ether oxygens (including phenoxy) is 2. The third-order valence-corrected chi connectivity index (χ3v) is 5.13. The zero-order valence-corrected chi connectivity index (χ0v) is 13.4. The quantitative estimate of drug-likeness (QED) is 0.855. The molecule has 0 aliphatic carbocycles. The van der Waals surface area contributed by atoms with Gasteiger partial charge in [-0.1, -0.05) is 0 Å². The molecule has 0 unspecified atom stereocenters. The molecule has 1 spiro atoms. The fraction of sp³-hybridized carbons (Fsp3) is 0.438. The predicted octanol–water partition coefficient (Wildman–Crippen LogP) is 1.85. The Morgan fingerprint density at radius 3 is 3.17 bits per heavy atom. The molecule has 6 nitrogen and oxygen atoms in total. The standard InChI is InChI=1S/C16H17N3O3S/c20-15(14-8-23-11-18-14)19-9-16(10-19)12(3-5-22-16)7-21-13-2-1-4-17-6-13/h1-2,4,6,8,11-12H,3,5,7,9-10H2/t12-/m1/s1. The monoisotopic (exact) mass is 331 g/mol. The van der Waals surface area contributed by atoms with Gasteiger partial charge in [-0.15, -0.1) is 11.3 Å². The van der Waals surface area contributed by atoms with Crippen molar-refractivity contribution in [2.75, 3.05) is 26.3 Å². The topological polar surface area (TPSA) is 64.6 Å². The molecule has 2 aliphatic heterocycles. The van der Waals surface area contributed by atoms with E-state index in [4.69, 9.17) is 9.47 Å². The highest BCUT2D eigenvalue weighted by Gasteiger charge is 2.55. The number of likely N-dealkylation sites (tertiary alicyclic amines) is 1. The summed E-state index contributed by atoms with van der Waals surface area (Å²) in [5, 5.41) is 1.78. The van der Waals surface area contributed by atoms with Gasteiger partial charge in [0.15, 0.2) is 0 Å². The number of carbonyl (C=O) groups is 1. The van der Waals surface area contributed by atoms with Crippen molar-refractivity contribution >= 4 is 17.2 Å². The highest BCUT2D eigenvalue weighted by molar-refractivity contribution is 7.07. The van der Waals surface area contributed by atoms with Crippen molar-refractivity contribution in [3.63, 3.8) is 0 Å². The maximum atomic E-state index is 12.3. The van der Waals surface area contributed by atoms with Crippen molar-refractivity contribution < 1.29 is 14.3 Å². The van der Waals surface area contributed by atoms with Gasteiger partial charge in [0, 0.05) is 24.1 Å². The van der Waals surface area contributed by atoms with Crippen molar-refractivity contribution in [3.05, 3.63) is 41.1 Å². The molecule has 4 heterocycles. The molecule has 23 heavy (non-hydrogen) atoms. The minimum Gasteiger partial charge on any atom is -0.492 e. The van der Waals surface area contributed by atoms with Crippen molar-refractivity contribution in [2.24, 2.45) is 5.92 Å². The summed E-state index contributed by atoms with van der Waals surface area (Å²) in [6, 6.07) is 3.75. The number of carbonyl (C=O) groups excluding carboxylic acids is 1. The fourth-order valence-electron chi connectivity index (χ4n) is 3.22. The van der Waals surface area contributed by atoms with Crippen molar-refractivity contribution in [3.8, 4) is 5.75 Å². The van der Waals surface area contributed by atoms with Crippen molar-refractivity contribution in [1.29, 1.82) is 0 Å². The zero-order valence-electron chi connectivity index (χ0n) is 12.6. The average molecular weight is 331 g/mol. The van der Waals surface area contributed by atoms with Gasteiger partial charge >= 0.3 is 0 Å². The molecule has 7 heteroatoms. The Balaban J connectivity index is 1.36. The van der Waals surface area contributed by atoms with Crippen molar-refractivity contribution in [1.82, 2.24) is 14.9 Å². The highest BCUT2D eigenvalue weighted by Crippen LogP contribution is 2.40. The number of hydrogen-bond acceptors (Lipinski definition) is 6. The summed E-state index contributed by atoms with van der Waals surface area (Å²) in [5.41, 5.74) is 1.94. The molecular weight excluding hydrogens is 314 g/mol. The first-order valence-corrected chi connectivity index (χ1v) is 8.55. The largest absolute Gasteiger partial charge is 0.492 e. The number of aromatic nitrogens is 2. The number of thiazole rings is 1. The summed E-state index contributed by atoms with van der Waals surface area (Å²) in [5.74, 6) is 1.05. The van der Waals surface area contributed by atoms with Gasteiger partial charge in [0.25, 0.3) is 5.91 Å². The van der Waals surface area contributed by atoms with Crippen LogP contribution in [0.15, 0.2) is 35.4 Å². The Bertz CT molecular complexity index is 671. The number of nitrogens with zero attached hydrogens (tertiary/aromatic N) is 3. The van der Waals surface area contributed by atoms with Gasteiger partial charge in [-0.2, -0.15) is 0 Å². The van der Waals surface area contributed by atoms with Gasteiger partial charge in [-0.25, -0.2) is 4.98 Å². The second kappa shape index (κ2) is 5.90. The molecule has 0 aromatic carbocycles. The minimum atomic E-state index is -0.256. The summed E-state index contributed by atoms with van der Waals surface area (Å²) in [6.07, 6.45) is 4.39. The molecule has 1 atom stereocenters. The Hall–Kier alpha value is -1.99. The first kappa shape index (κ1) is 14.6. The molecule has 0 bridgehead atoms. The van der Waals surface area contributed by atoms with E-state index in [1.165, 1.54) is 11.3 Å². The molecule has 2 aliphatic rings. The SMILES string of the molecule is O=C(c1cscn1)N1CC2(C1)OCC[C@@H]2COc1cccnc1. The Morgan fingerprint density at radius 1 is 1.52 bits per heavy atom. The molecule has 120 valence electrons. The predicted molar refractivity (Wildman–Crippen MR) is 84.5 cm³/mol. The van der Waals surface area contributed by atoms with Gasteiger partial charge in [0.2, 0.25) is 0 Å². The van der Waals surface area contributed by atoms with Crippen LogP contribution >= 0.6 is 11.3 Å². The van der Waals surface area contributed by atoms with E-state index in [0.717, 1.165) is 18.8 Å². The maximum absolute atomic E-state index is 12.3. The van der Waals surface area contributed by atoms with Crippen LogP contribution in [0.25, 0.3) is 0 Å². The van der Waals surface area contributed by atoms with Crippen LogP contribution < -0.4 is 4.74 Å². The summed E-state index contributed by atoms with van der Waals surface area (Å²) in [6.45, 7) is 2.54. The third kappa shape index (κ3) is 2.70. The molecular formula is C16H17N3O3S. The van der Waals surface area contributed by atoms with Gasteiger partial charge in [0.1, 0.15) is 17.0 Å². The Kier molecular flexibility index (Phi) is 3.74. The lowest BCUT2D eigenvalue weighted by molar-refractivity contribution is -0.122. The van der Waals surface area contributed by atoms with E-state index in [0.29, 0.717) is 31.3 Å². The molecule has 2 saturated heterocycles. The summed E-state index contributed by atoms with van der Waals surface area (Å²) >= 11 is 1.43. The van der Waals surface area contributed by atoms with Crippen LogP contribution in [0.3, 0.4) is 0 Å².